The Morgan fingerprint density at radius 2 is 2.15 bits per heavy atom. The Hall–Kier alpha value is -2.13. The van der Waals surface area contributed by atoms with E-state index in [4.69, 9.17) is 11.6 Å². The predicted octanol–water partition coefficient (Wildman–Crippen LogP) is 2.08. The normalized spacial score (nSPS) is 11.3. The van der Waals surface area contributed by atoms with E-state index >= 15 is 0 Å². The second-order valence-electron chi connectivity index (χ2n) is 3.90. The highest BCUT2D eigenvalue weighted by atomic mass is 35.5. The highest BCUT2D eigenvalue weighted by Crippen LogP contribution is 2.28. The SMILES string of the molecule is Cc1cn[nH]c1NS(=O)(=O)c1ccc(Cl)cc1[N+](=O)[O-]. The summed E-state index contributed by atoms with van der Waals surface area (Å²) in [6, 6.07) is 3.33. The molecule has 0 aliphatic rings. The summed E-state index contributed by atoms with van der Waals surface area (Å²) >= 11 is 5.64. The van der Waals surface area contributed by atoms with E-state index in [-0.39, 0.29) is 10.8 Å². The third kappa shape index (κ3) is 2.73. The van der Waals surface area contributed by atoms with E-state index in [0.29, 0.717) is 5.56 Å². The zero-order valence-electron chi connectivity index (χ0n) is 10.1. The lowest BCUT2D eigenvalue weighted by molar-refractivity contribution is -0.387. The minimum atomic E-state index is -4.12. The number of hydrogen-bond donors (Lipinski definition) is 2. The zero-order chi connectivity index (χ0) is 14.9. The molecule has 1 aromatic heterocycles. The van der Waals surface area contributed by atoms with Crippen LogP contribution in [0.5, 0.6) is 0 Å². The van der Waals surface area contributed by atoms with Gasteiger partial charge in [-0.05, 0) is 19.1 Å². The summed E-state index contributed by atoms with van der Waals surface area (Å²) in [6.07, 6.45) is 1.42. The Bertz CT molecular complexity index is 771. The van der Waals surface area contributed by atoms with Gasteiger partial charge in [0.05, 0.1) is 11.1 Å². The molecule has 0 amide bonds. The number of aryl methyl sites for hydroxylation is 1. The number of H-pyrrole nitrogens is 1. The molecule has 0 bridgehead atoms. The number of nitro groups is 1. The fraction of sp³-hybridized carbons (Fsp3) is 0.100. The van der Waals surface area contributed by atoms with Crippen LogP contribution in [0.1, 0.15) is 5.56 Å². The van der Waals surface area contributed by atoms with Crippen LogP contribution in [0.3, 0.4) is 0 Å². The third-order valence-electron chi connectivity index (χ3n) is 2.47. The molecule has 0 spiro atoms. The van der Waals surface area contributed by atoms with Gasteiger partial charge < -0.3 is 0 Å². The molecule has 8 nitrogen and oxygen atoms in total. The Morgan fingerprint density at radius 1 is 1.45 bits per heavy atom. The number of nitrogens with zero attached hydrogens (tertiary/aromatic N) is 2. The summed E-state index contributed by atoms with van der Waals surface area (Å²) in [4.78, 5) is 9.65. The number of benzene rings is 1. The monoisotopic (exact) mass is 316 g/mol. The second-order valence-corrected chi connectivity index (χ2v) is 5.99. The first-order valence-corrected chi connectivity index (χ1v) is 7.14. The van der Waals surface area contributed by atoms with Crippen molar-refractivity contribution < 1.29 is 13.3 Å². The summed E-state index contributed by atoms with van der Waals surface area (Å²) in [7, 11) is -4.12. The lowest BCUT2D eigenvalue weighted by Gasteiger charge is -2.07. The van der Waals surface area contributed by atoms with Gasteiger partial charge in [-0.25, -0.2) is 8.42 Å². The zero-order valence-corrected chi connectivity index (χ0v) is 11.7. The molecule has 1 aromatic carbocycles. The first-order chi connectivity index (χ1) is 9.31. The summed E-state index contributed by atoms with van der Waals surface area (Å²) in [5.41, 5.74) is -0.0349. The number of anilines is 1. The van der Waals surface area contributed by atoms with Crippen molar-refractivity contribution >= 4 is 33.1 Å². The summed E-state index contributed by atoms with van der Waals surface area (Å²) in [5.74, 6) is 0.147. The Morgan fingerprint density at radius 3 is 2.70 bits per heavy atom. The van der Waals surface area contributed by atoms with E-state index < -0.39 is 25.5 Å². The fourth-order valence-electron chi connectivity index (χ4n) is 1.50. The number of aromatic nitrogens is 2. The van der Waals surface area contributed by atoms with Crippen LogP contribution in [-0.4, -0.2) is 23.5 Å². The van der Waals surface area contributed by atoms with Crippen molar-refractivity contribution in [2.45, 2.75) is 11.8 Å². The van der Waals surface area contributed by atoms with Crippen LogP contribution in [0.25, 0.3) is 0 Å². The van der Waals surface area contributed by atoms with Crippen LogP contribution in [0.2, 0.25) is 5.02 Å². The summed E-state index contributed by atoms with van der Waals surface area (Å²) in [5, 5.41) is 17.1. The lowest BCUT2D eigenvalue weighted by atomic mass is 10.3. The molecule has 106 valence electrons. The van der Waals surface area contributed by atoms with E-state index in [9.17, 15) is 18.5 Å². The van der Waals surface area contributed by atoms with Gasteiger partial charge in [0.25, 0.3) is 15.7 Å². The molecule has 0 aliphatic heterocycles. The molecule has 0 saturated carbocycles. The van der Waals surface area contributed by atoms with Gasteiger partial charge in [-0.2, -0.15) is 5.10 Å². The first kappa shape index (κ1) is 14.3. The molecule has 2 rings (SSSR count). The van der Waals surface area contributed by atoms with Crippen molar-refractivity contribution in [2.75, 3.05) is 4.72 Å². The maximum Gasteiger partial charge on any atom is 0.291 e. The van der Waals surface area contributed by atoms with Crippen LogP contribution in [0.4, 0.5) is 11.5 Å². The van der Waals surface area contributed by atoms with Gasteiger partial charge in [0.1, 0.15) is 5.82 Å². The number of nitro benzene ring substituents is 1. The number of sulfonamides is 1. The largest absolute Gasteiger partial charge is 0.291 e. The van der Waals surface area contributed by atoms with E-state index in [0.717, 1.165) is 12.1 Å². The molecule has 0 fully saturated rings. The van der Waals surface area contributed by atoms with Crippen molar-refractivity contribution in [1.29, 1.82) is 0 Å². The minimum absolute atomic E-state index is 0.0772. The van der Waals surface area contributed by atoms with Crippen LogP contribution in [0.15, 0.2) is 29.3 Å². The molecular formula is C10H9ClN4O4S. The quantitative estimate of drug-likeness (QED) is 0.661. The average Bonchev–Trinajstić information content (AvgIpc) is 2.74. The van der Waals surface area contributed by atoms with E-state index in [1.807, 2.05) is 0 Å². The fourth-order valence-corrected chi connectivity index (χ4v) is 2.91. The molecule has 0 unspecified atom stereocenters. The van der Waals surface area contributed by atoms with E-state index in [1.165, 1.54) is 12.3 Å². The molecule has 2 aromatic rings. The third-order valence-corrected chi connectivity index (χ3v) is 4.10. The average molecular weight is 317 g/mol. The van der Waals surface area contributed by atoms with Gasteiger partial charge in [-0.3, -0.25) is 19.9 Å². The van der Waals surface area contributed by atoms with Crippen LogP contribution in [-0.2, 0) is 10.0 Å². The van der Waals surface area contributed by atoms with E-state index in [1.54, 1.807) is 6.92 Å². The van der Waals surface area contributed by atoms with Crippen molar-refractivity contribution in [3.63, 3.8) is 0 Å². The maximum atomic E-state index is 12.2. The minimum Gasteiger partial charge on any atom is -0.263 e. The smallest absolute Gasteiger partial charge is 0.263 e. The van der Waals surface area contributed by atoms with Crippen molar-refractivity contribution in [3.8, 4) is 0 Å². The van der Waals surface area contributed by atoms with Gasteiger partial charge in [-0.1, -0.05) is 11.6 Å². The molecular weight excluding hydrogens is 308 g/mol. The van der Waals surface area contributed by atoms with E-state index in [2.05, 4.69) is 14.9 Å². The number of hydrogen-bond acceptors (Lipinski definition) is 5. The number of halogens is 1. The highest BCUT2D eigenvalue weighted by molar-refractivity contribution is 7.92. The second kappa shape index (κ2) is 5.10. The summed E-state index contributed by atoms with van der Waals surface area (Å²) in [6.45, 7) is 1.64. The topological polar surface area (TPSA) is 118 Å². The van der Waals surface area contributed by atoms with Gasteiger partial charge >= 0.3 is 0 Å². The van der Waals surface area contributed by atoms with Crippen molar-refractivity contribution in [3.05, 3.63) is 45.1 Å². The molecule has 0 radical (unpaired) electrons. The lowest BCUT2D eigenvalue weighted by Crippen LogP contribution is -2.15. The first-order valence-electron chi connectivity index (χ1n) is 5.28. The Balaban J connectivity index is 2.50. The number of nitrogens with one attached hydrogen (secondary N) is 2. The highest BCUT2D eigenvalue weighted by Gasteiger charge is 2.26. The standard InChI is InChI=1S/C10H9ClN4O4S/c1-6-5-12-13-10(6)14-20(18,19)9-3-2-7(11)4-8(9)15(16)17/h2-5H,1H3,(H2,12,13,14). The van der Waals surface area contributed by atoms with Crippen molar-refractivity contribution in [2.24, 2.45) is 0 Å². The molecule has 1 heterocycles. The Labute approximate surface area is 119 Å². The van der Waals surface area contributed by atoms with Gasteiger partial charge in [0.15, 0.2) is 4.90 Å². The molecule has 0 aliphatic carbocycles. The molecule has 0 atom stereocenters. The van der Waals surface area contributed by atoms with Gasteiger partial charge in [-0.15, -0.1) is 0 Å². The maximum absolute atomic E-state index is 12.2. The van der Waals surface area contributed by atoms with Crippen LogP contribution >= 0.6 is 11.6 Å². The number of rotatable bonds is 4. The molecule has 10 heteroatoms. The molecule has 2 N–H and O–H groups in total. The van der Waals surface area contributed by atoms with Crippen molar-refractivity contribution in [1.82, 2.24) is 10.2 Å². The van der Waals surface area contributed by atoms with Crippen LogP contribution < -0.4 is 4.72 Å². The van der Waals surface area contributed by atoms with Crippen LogP contribution in [0, 0.1) is 17.0 Å². The Kier molecular flexibility index (Phi) is 3.64. The molecule has 0 saturated heterocycles. The number of aromatic amines is 1. The van der Waals surface area contributed by atoms with Gasteiger partial charge in [0.2, 0.25) is 0 Å². The summed E-state index contributed by atoms with van der Waals surface area (Å²) < 4.78 is 26.6. The molecule has 20 heavy (non-hydrogen) atoms. The van der Waals surface area contributed by atoms with Gasteiger partial charge in [0, 0.05) is 16.7 Å². The predicted molar refractivity (Wildman–Crippen MR) is 72.2 cm³/mol.